The summed E-state index contributed by atoms with van der Waals surface area (Å²) in [5, 5.41) is 0.00411. The van der Waals surface area contributed by atoms with Crippen LogP contribution in [0.2, 0.25) is 0 Å². The Hall–Kier alpha value is -1.83. The zero-order valence-electron chi connectivity index (χ0n) is 11.2. The first-order chi connectivity index (χ1) is 9.51. The molecule has 0 amide bonds. The van der Waals surface area contributed by atoms with Crippen molar-refractivity contribution in [1.82, 2.24) is 9.97 Å². The highest BCUT2D eigenvalue weighted by Gasteiger charge is 2.33. The molecule has 2 heterocycles. The van der Waals surface area contributed by atoms with E-state index in [1.807, 2.05) is 6.92 Å². The van der Waals surface area contributed by atoms with Crippen molar-refractivity contribution in [1.29, 1.82) is 0 Å². The largest absolute Gasteiger partial charge is 0.462 e. The number of esters is 2. The molecule has 1 aromatic rings. The molecular weight excluding hydrogens is 282 g/mol. The number of anilines is 1. The van der Waals surface area contributed by atoms with Gasteiger partial charge in [0.15, 0.2) is 5.16 Å². The Labute approximate surface area is 120 Å². The summed E-state index contributed by atoms with van der Waals surface area (Å²) >= 11 is 1.18. The summed E-state index contributed by atoms with van der Waals surface area (Å²) in [7, 11) is 0. The molecule has 1 saturated heterocycles. The minimum absolute atomic E-state index is 0.0420. The number of hydrogen-bond donors (Lipinski definition) is 1. The van der Waals surface area contributed by atoms with Gasteiger partial charge in [0.1, 0.15) is 22.7 Å². The van der Waals surface area contributed by atoms with Crippen LogP contribution in [0.25, 0.3) is 0 Å². The Balaban J connectivity index is 2.09. The van der Waals surface area contributed by atoms with Gasteiger partial charge in [0.2, 0.25) is 0 Å². The van der Waals surface area contributed by atoms with Crippen molar-refractivity contribution >= 4 is 29.5 Å². The van der Waals surface area contributed by atoms with Crippen LogP contribution in [-0.2, 0) is 14.3 Å². The summed E-state index contributed by atoms with van der Waals surface area (Å²) in [6.07, 6.45) is 1.81. The molecule has 1 aliphatic rings. The first kappa shape index (κ1) is 14.6. The molecule has 0 aromatic carbocycles. The molecule has 1 fully saturated rings. The number of aromatic nitrogens is 2. The zero-order chi connectivity index (χ0) is 14.7. The molecular formula is C12H15N3O4S. The van der Waals surface area contributed by atoms with E-state index in [4.69, 9.17) is 15.2 Å². The lowest BCUT2D eigenvalue weighted by Gasteiger charge is -2.07. The lowest BCUT2D eigenvalue weighted by Crippen LogP contribution is -2.13. The quantitative estimate of drug-likeness (QED) is 0.649. The Morgan fingerprint density at radius 3 is 2.95 bits per heavy atom. The maximum atomic E-state index is 11.6. The van der Waals surface area contributed by atoms with Gasteiger partial charge in [-0.3, -0.25) is 4.79 Å². The normalized spacial score (nSPS) is 21.6. The number of hydrogen-bond acceptors (Lipinski definition) is 8. The zero-order valence-corrected chi connectivity index (χ0v) is 12.0. The fraction of sp³-hybridized carbons (Fsp3) is 0.500. The van der Waals surface area contributed by atoms with Crippen LogP contribution in [0.3, 0.4) is 0 Å². The molecule has 2 rings (SSSR count). The van der Waals surface area contributed by atoms with E-state index in [0.29, 0.717) is 11.6 Å². The van der Waals surface area contributed by atoms with Crippen molar-refractivity contribution < 1.29 is 19.1 Å². The number of carbonyl (C=O) groups excluding carboxylic acids is 2. The average Bonchev–Trinajstić information content (AvgIpc) is 2.68. The van der Waals surface area contributed by atoms with Gasteiger partial charge in [-0.15, -0.1) is 0 Å². The van der Waals surface area contributed by atoms with Gasteiger partial charge in [0.05, 0.1) is 6.61 Å². The number of ether oxygens (including phenoxy) is 2. The molecule has 0 spiro atoms. The van der Waals surface area contributed by atoms with Crippen molar-refractivity contribution in [2.75, 3.05) is 12.3 Å². The number of nitrogen functional groups attached to an aromatic ring is 1. The monoisotopic (exact) mass is 297 g/mol. The number of nitrogens with zero attached hydrogens (tertiary/aromatic N) is 2. The van der Waals surface area contributed by atoms with Gasteiger partial charge in [-0.1, -0.05) is 11.8 Å². The van der Waals surface area contributed by atoms with E-state index < -0.39 is 5.97 Å². The number of nitrogens with two attached hydrogens (primary N) is 1. The van der Waals surface area contributed by atoms with E-state index >= 15 is 0 Å². The van der Waals surface area contributed by atoms with Crippen LogP contribution in [0.1, 0.15) is 30.6 Å². The molecule has 0 unspecified atom stereocenters. The smallest absolute Gasteiger partial charge is 0.343 e. The Bertz CT molecular complexity index is 537. The second-order valence-corrected chi connectivity index (χ2v) is 5.43. The van der Waals surface area contributed by atoms with E-state index in [2.05, 4.69) is 9.97 Å². The van der Waals surface area contributed by atoms with Crippen molar-refractivity contribution in [3.05, 3.63) is 11.8 Å². The van der Waals surface area contributed by atoms with Crippen LogP contribution in [0, 0.1) is 0 Å². The van der Waals surface area contributed by atoms with E-state index in [9.17, 15) is 9.59 Å². The van der Waals surface area contributed by atoms with Crippen molar-refractivity contribution in [2.24, 2.45) is 0 Å². The Morgan fingerprint density at radius 2 is 2.40 bits per heavy atom. The van der Waals surface area contributed by atoms with Gasteiger partial charge in [0.25, 0.3) is 0 Å². The van der Waals surface area contributed by atoms with Gasteiger partial charge in [-0.25, -0.2) is 14.8 Å². The van der Waals surface area contributed by atoms with Crippen LogP contribution < -0.4 is 5.73 Å². The number of carbonyl (C=O) groups is 2. The maximum absolute atomic E-state index is 11.6. The minimum atomic E-state index is -0.560. The average molecular weight is 297 g/mol. The Kier molecular flexibility index (Phi) is 4.43. The molecule has 0 radical (unpaired) electrons. The van der Waals surface area contributed by atoms with Gasteiger partial charge < -0.3 is 15.2 Å². The van der Waals surface area contributed by atoms with Crippen LogP contribution >= 0.6 is 11.8 Å². The fourth-order valence-corrected chi connectivity index (χ4v) is 2.78. The molecule has 20 heavy (non-hydrogen) atoms. The van der Waals surface area contributed by atoms with Crippen LogP contribution in [0.15, 0.2) is 11.4 Å². The van der Waals surface area contributed by atoms with E-state index in [0.717, 1.165) is 0 Å². The fourth-order valence-electron chi connectivity index (χ4n) is 1.74. The SMILES string of the molecule is CCOC(=O)c1cnc(S[C@H]2C[C@@H](C)OC2=O)nc1N. The van der Waals surface area contributed by atoms with Gasteiger partial charge in [0, 0.05) is 12.6 Å². The molecule has 0 bridgehead atoms. The summed E-state index contributed by atoms with van der Waals surface area (Å²) in [4.78, 5) is 31.1. The van der Waals surface area contributed by atoms with Gasteiger partial charge in [-0.2, -0.15) is 0 Å². The first-order valence-electron chi connectivity index (χ1n) is 6.18. The van der Waals surface area contributed by atoms with Gasteiger partial charge in [-0.05, 0) is 13.8 Å². The minimum Gasteiger partial charge on any atom is -0.462 e. The molecule has 108 valence electrons. The van der Waals surface area contributed by atoms with E-state index in [-0.39, 0.29) is 35.3 Å². The van der Waals surface area contributed by atoms with Crippen molar-refractivity contribution in [3.8, 4) is 0 Å². The molecule has 2 N–H and O–H groups in total. The third-order valence-corrected chi connectivity index (χ3v) is 3.74. The first-order valence-corrected chi connectivity index (χ1v) is 7.06. The van der Waals surface area contributed by atoms with Crippen LogP contribution in [0.5, 0.6) is 0 Å². The predicted octanol–water partition coefficient (Wildman–Crippen LogP) is 1.03. The summed E-state index contributed by atoms with van der Waals surface area (Å²) in [5.74, 6) is -0.796. The number of rotatable bonds is 4. The summed E-state index contributed by atoms with van der Waals surface area (Å²) in [6, 6.07) is 0. The number of thioether (sulfide) groups is 1. The van der Waals surface area contributed by atoms with Crippen molar-refractivity contribution in [3.63, 3.8) is 0 Å². The topological polar surface area (TPSA) is 104 Å². The Morgan fingerprint density at radius 1 is 1.65 bits per heavy atom. The molecule has 0 aliphatic carbocycles. The standard InChI is InChI=1S/C12H15N3O4S/c1-3-18-10(16)7-5-14-12(15-9(7)13)20-8-4-6(2)19-11(8)17/h5-6,8H,3-4H2,1-2H3,(H2,13,14,15)/t6-,8+/m1/s1. The molecule has 7 nitrogen and oxygen atoms in total. The summed E-state index contributed by atoms with van der Waals surface area (Å²) < 4.78 is 9.88. The summed E-state index contributed by atoms with van der Waals surface area (Å²) in [5.41, 5.74) is 5.83. The third kappa shape index (κ3) is 3.19. The predicted molar refractivity (Wildman–Crippen MR) is 72.2 cm³/mol. The lowest BCUT2D eigenvalue weighted by atomic mass is 10.3. The van der Waals surface area contributed by atoms with Gasteiger partial charge >= 0.3 is 11.9 Å². The second kappa shape index (κ2) is 6.08. The summed E-state index contributed by atoms with van der Waals surface area (Å²) in [6.45, 7) is 3.78. The molecule has 1 aromatic heterocycles. The molecule has 8 heteroatoms. The van der Waals surface area contributed by atoms with Crippen molar-refractivity contribution in [2.45, 2.75) is 36.8 Å². The maximum Gasteiger partial charge on any atom is 0.343 e. The highest BCUT2D eigenvalue weighted by Crippen LogP contribution is 2.30. The van der Waals surface area contributed by atoms with E-state index in [1.54, 1.807) is 6.92 Å². The second-order valence-electron chi connectivity index (χ2n) is 4.26. The van der Waals surface area contributed by atoms with Crippen LogP contribution in [-0.4, -0.2) is 39.9 Å². The third-order valence-electron chi connectivity index (χ3n) is 2.67. The number of cyclic esters (lactones) is 1. The van der Waals surface area contributed by atoms with Crippen LogP contribution in [0.4, 0.5) is 5.82 Å². The lowest BCUT2D eigenvalue weighted by molar-refractivity contribution is -0.140. The molecule has 2 atom stereocenters. The van der Waals surface area contributed by atoms with E-state index in [1.165, 1.54) is 18.0 Å². The highest BCUT2D eigenvalue weighted by molar-refractivity contribution is 8.00. The molecule has 0 saturated carbocycles. The highest BCUT2D eigenvalue weighted by atomic mass is 32.2. The molecule has 1 aliphatic heterocycles.